The third-order valence-electron chi connectivity index (χ3n) is 3.53. The van der Waals surface area contributed by atoms with Crippen LogP contribution in [0.4, 0.5) is 0 Å². The highest BCUT2D eigenvalue weighted by Crippen LogP contribution is 2.43. The van der Waals surface area contributed by atoms with Crippen LogP contribution in [0.1, 0.15) is 30.0 Å². The molecule has 0 radical (unpaired) electrons. The summed E-state index contributed by atoms with van der Waals surface area (Å²) < 4.78 is 7.49. The molecule has 0 amide bonds. The van der Waals surface area contributed by atoms with Gasteiger partial charge in [-0.25, -0.2) is 4.68 Å². The fraction of sp³-hybridized carbons (Fsp3) is 0.400. The van der Waals surface area contributed by atoms with E-state index in [2.05, 4.69) is 16.5 Å². The van der Waals surface area contributed by atoms with Gasteiger partial charge in [0.2, 0.25) is 0 Å². The van der Waals surface area contributed by atoms with Crippen molar-refractivity contribution < 1.29 is 4.74 Å². The van der Waals surface area contributed by atoms with Gasteiger partial charge >= 0.3 is 0 Å². The molecule has 1 aromatic heterocycles. The normalized spacial score (nSPS) is 14.6. The molecule has 100 valence electrons. The molecule has 4 heteroatoms. The van der Waals surface area contributed by atoms with Crippen molar-refractivity contribution >= 4 is 0 Å². The quantitative estimate of drug-likeness (QED) is 0.894. The molecule has 0 aliphatic heterocycles. The summed E-state index contributed by atoms with van der Waals surface area (Å²) in [5.74, 6) is 1.51. The second-order valence-corrected chi connectivity index (χ2v) is 4.94. The average Bonchev–Trinajstić information content (AvgIpc) is 3.20. The fourth-order valence-corrected chi connectivity index (χ4v) is 2.51. The Bertz CT molecular complexity index is 573. The fourth-order valence-electron chi connectivity index (χ4n) is 2.51. The highest BCUT2D eigenvalue weighted by molar-refractivity contribution is 5.48. The van der Waals surface area contributed by atoms with Crippen LogP contribution in [0.15, 0.2) is 30.5 Å². The minimum absolute atomic E-state index is 0.649. The minimum Gasteiger partial charge on any atom is -0.494 e. The number of nitrogens with one attached hydrogen (secondary N) is 1. The largest absolute Gasteiger partial charge is 0.494 e. The molecule has 0 spiro atoms. The summed E-state index contributed by atoms with van der Waals surface area (Å²) in [6.45, 7) is 0.862. The van der Waals surface area contributed by atoms with Gasteiger partial charge in [0.15, 0.2) is 0 Å². The van der Waals surface area contributed by atoms with E-state index in [9.17, 15) is 0 Å². The lowest BCUT2D eigenvalue weighted by Gasteiger charge is -2.12. The summed E-state index contributed by atoms with van der Waals surface area (Å²) in [6, 6.07) is 8.04. The lowest BCUT2D eigenvalue weighted by molar-refractivity contribution is 0.411. The van der Waals surface area contributed by atoms with Crippen LogP contribution in [0.5, 0.6) is 5.75 Å². The third kappa shape index (κ3) is 2.24. The average molecular weight is 257 g/mol. The smallest absolute Gasteiger partial charge is 0.144 e. The predicted molar refractivity (Wildman–Crippen MR) is 74.9 cm³/mol. The van der Waals surface area contributed by atoms with Crippen LogP contribution in [0, 0.1) is 0 Å². The molecule has 0 saturated heterocycles. The van der Waals surface area contributed by atoms with Crippen molar-refractivity contribution in [2.24, 2.45) is 0 Å². The molecule has 3 rings (SSSR count). The van der Waals surface area contributed by atoms with Gasteiger partial charge in [0, 0.05) is 18.0 Å². The first-order chi connectivity index (χ1) is 9.35. The predicted octanol–water partition coefficient (Wildman–Crippen LogP) is 2.48. The van der Waals surface area contributed by atoms with Gasteiger partial charge in [-0.3, -0.25) is 0 Å². The van der Waals surface area contributed by atoms with Crippen LogP contribution in [-0.4, -0.2) is 23.9 Å². The van der Waals surface area contributed by atoms with Crippen molar-refractivity contribution in [1.82, 2.24) is 15.1 Å². The molecule has 1 fully saturated rings. The molecule has 1 aliphatic carbocycles. The summed E-state index contributed by atoms with van der Waals surface area (Å²) >= 11 is 0. The molecule has 1 heterocycles. The number of aromatic nitrogens is 2. The zero-order chi connectivity index (χ0) is 13.2. The Kier molecular flexibility index (Phi) is 3.25. The standard InChI is InChI=1S/C15H19N3O/c1-16-9-12-10-17-18(15(12)11-7-8-11)13-5-3-4-6-14(13)19-2/h3-6,10-11,16H,7-9H2,1-2H3. The molecular weight excluding hydrogens is 238 g/mol. The van der Waals surface area contributed by atoms with E-state index >= 15 is 0 Å². The molecule has 2 aromatic rings. The summed E-state index contributed by atoms with van der Waals surface area (Å²) in [6.07, 6.45) is 4.49. The molecule has 19 heavy (non-hydrogen) atoms. The third-order valence-corrected chi connectivity index (χ3v) is 3.53. The lowest BCUT2D eigenvalue weighted by Crippen LogP contribution is -2.09. The van der Waals surface area contributed by atoms with Crippen molar-refractivity contribution in [3.63, 3.8) is 0 Å². The van der Waals surface area contributed by atoms with Gasteiger partial charge in [0.25, 0.3) is 0 Å². The first kappa shape index (κ1) is 12.2. The van der Waals surface area contributed by atoms with Gasteiger partial charge in [0.05, 0.1) is 19.0 Å². The molecular formula is C15H19N3O. The van der Waals surface area contributed by atoms with E-state index < -0.39 is 0 Å². The van der Waals surface area contributed by atoms with Gasteiger partial charge in [-0.2, -0.15) is 5.10 Å². The summed E-state index contributed by atoms with van der Waals surface area (Å²) in [4.78, 5) is 0. The Balaban J connectivity index is 2.09. The van der Waals surface area contributed by atoms with Gasteiger partial charge in [-0.15, -0.1) is 0 Å². The number of benzene rings is 1. The van der Waals surface area contributed by atoms with Crippen molar-refractivity contribution in [3.05, 3.63) is 41.7 Å². The summed E-state index contributed by atoms with van der Waals surface area (Å²) in [5.41, 5.74) is 3.64. The zero-order valence-electron chi connectivity index (χ0n) is 11.4. The van der Waals surface area contributed by atoms with E-state index in [1.54, 1.807) is 7.11 Å². The summed E-state index contributed by atoms with van der Waals surface area (Å²) in [7, 11) is 3.67. The van der Waals surface area contributed by atoms with Crippen LogP contribution in [0.3, 0.4) is 0 Å². The topological polar surface area (TPSA) is 39.1 Å². The first-order valence-electron chi connectivity index (χ1n) is 6.70. The molecule has 1 saturated carbocycles. The Labute approximate surface area is 113 Å². The van der Waals surface area contributed by atoms with Gasteiger partial charge in [0.1, 0.15) is 11.4 Å². The van der Waals surface area contributed by atoms with E-state index in [0.29, 0.717) is 5.92 Å². The Morgan fingerprint density at radius 1 is 1.37 bits per heavy atom. The highest BCUT2D eigenvalue weighted by Gasteiger charge is 2.30. The van der Waals surface area contributed by atoms with Crippen LogP contribution in [0.2, 0.25) is 0 Å². The van der Waals surface area contributed by atoms with Crippen LogP contribution in [0.25, 0.3) is 5.69 Å². The molecule has 0 atom stereocenters. The number of rotatable bonds is 5. The number of methoxy groups -OCH3 is 1. The molecule has 0 bridgehead atoms. The molecule has 1 aliphatic rings. The Morgan fingerprint density at radius 2 is 2.16 bits per heavy atom. The number of nitrogens with zero attached hydrogens (tertiary/aromatic N) is 2. The van der Waals surface area contributed by atoms with E-state index in [0.717, 1.165) is 18.0 Å². The maximum absolute atomic E-state index is 5.45. The second kappa shape index (κ2) is 5.05. The molecule has 1 N–H and O–H groups in total. The van der Waals surface area contributed by atoms with E-state index in [1.807, 2.05) is 36.1 Å². The Morgan fingerprint density at radius 3 is 2.84 bits per heavy atom. The van der Waals surface area contributed by atoms with Crippen molar-refractivity contribution in [3.8, 4) is 11.4 Å². The minimum atomic E-state index is 0.649. The van der Waals surface area contributed by atoms with Gasteiger partial charge in [-0.05, 0) is 32.0 Å². The number of hydrogen-bond acceptors (Lipinski definition) is 3. The molecule has 1 aromatic carbocycles. The second-order valence-electron chi connectivity index (χ2n) is 4.94. The first-order valence-corrected chi connectivity index (χ1v) is 6.70. The Hall–Kier alpha value is -1.81. The van der Waals surface area contributed by atoms with Crippen molar-refractivity contribution in [2.45, 2.75) is 25.3 Å². The zero-order valence-corrected chi connectivity index (χ0v) is 11.4. The lowest BCUT2D eigenvalue weighted by atomic mass is 10.1. The van der Waals surface area contributed by atoms with Crippen molar-refractivity contribution in [2.75, 3.05) is 14.2 Å². The molecule has 0 unspecified atom stereocenters. The van der Waals surface area contributed by atoms with Gasteiger partial charge in [-0.1, -0.05) is 12.1 Å². The van der Waals surface area contributed by atoms with E-state index in [4.69, 9.17) is 4.74 Å². The monoisotopic (exact) mass is 257 g/mol. The molecule has 4 nitrogen and oxygen atoms in total. The van der Waals surface area contributed by atoms with Crippen LogP contribution < -0.4 is 10.1 Å². The maximum atomic E-state index is 5.45. The number of ether oxygens (including phenoxy) is 1. The van der Waals surface area contributed by atoms with E-state index in [1.165, 1.54) is 24.1 Å². The highest BCUT2D eigenvalue weighted by atomic mass is 16.5. The van der Waals surface area contributed by atoms with Crippen molar-refractivity contribution in [1.29, 1.82) is 0 Å². The maximum Gasteiger partial charge on any atom is 0.144 e. The van der Waals surface area contributed by atoms with Gasteiger partial charge < -0.3 is 10.1 Å². The summed E-state index contributed by atoms with van der Waals surface area (Å²) in [5, 5.41) is 7.79. The number of hydrogen-bond donors (Lipinski definition) is 1. The van der Waals surface area contributed by atoms with Crippen LogP contribution in [-0.2, 0) is 6.54 Å². The SMILES string of the molecule is CNCc1cnn(-c2ccccc2OC)c1C1CC1. The van der Waals surface area contributed by atoms with E-state index in [-0.39, 0.29) is 0 Å². The van der Waals surface area contributed by atoms with Crippen LogP contribution >= 0.6 is 0 Å². The number of para-hydroxylation sites is 2.